The molecule has 1 aliphatic heterocycles. The highest BCUT2D eigenvalue weighted by Gasteiger charge is 2.38. The Hall–Kier alpha value is -1.49. The molecule has 0 amide bonds. The van der Waals surface area contributed by atoms with Crippen LogP contribution in [0.1, 0.15) is 44.6 Å². The summed E-state index contributed by atoms with van der Waals surface area (Å²) in [7, 11) is 0. The summed E-state index contributed by atoms with van der Waals surface area (Å²) in [5.41, 5.74) is -0.894. The van der Waals surface area contributed by atoms with E-state index in [4.69, 9.17) is 0 Å². The summed E-state index contributed by atoms with van der Waals surface area (Å²) >= 11 is 0. The second-order valence-electron chi connectivity index (χ2n) is 5.87. The third kappa shape index (κ3) is 3.59. The van der Waals surface area contributed by atoms with E-state index in [2.05, 4.69) is 0 Å². The third-order valence-corrected chi connectivity index (χ3v) is 4.31. The van der Waals surface area contributed by atoms with Gasteiger partial charge in [-0.3, -0.25) is 9.69 Å². The zero-order valence-electron chi connectivity index (χ0n) is 12.2. The molecule has 0 saturated carbocycles. The maximum Gasteiger partial charge on any atom is 0.305 e. The van der Waals surface area contributed by atoms with Crippen LogP contribution in [0.25, 0.3) is 0 Å². The van der Waals surface area contributed by atoms with Gasteiger partial charge in [-0.1, -0.05) is 12.8 Å². The highest BCUT2D eigenvalue weighted by Crippen LogP contribution is 2.35. The second-order valence-corrected chi connectivity index (χ2v) is 5.87. The Morgan fingerprint density at radius 3 is 2.43 bits per heavy atom. The summed E-state index contributed by atoms with van der Waals surface area (Å²) in [5, 5.41) is 9.23. The van der Waals surface area contributed by atoms with E-state index < -0.39 is 23.1 Å². The number of hydrogen-bond acceptors (Lipinski definition) is 2. The largest absolute Gasteiger partial charge is 0.481 e. The van der Waals surface area contributed by atoms with Crippen molar-refractivity contribution in [2.45, 2.75) is 44.6 Å². The van der Waals surface area contributed by atoms with Crippen LogP contribution in [0.5, 0.6) is 0 Å². The van der Waals surface area contributed by atoms with E-state index >= 15 is 0 Å². The summed E-state index contributed by atoms with van der Waals surface area (Å²) in [5.74, 6) is -2.10. The van der Waals surface area contributed by atoms with Crippen LogP contribution >= 0.6 is 0 Å². The van der Waals surface area contributed by atoms with Gasteiger partial charge in [0, 0.05) is 5.56 Å². The fraction of sp³-hybridized carbons (Fsp3) is 0.562. The zero-order valence-corrected chi connectivity index (χ0v) is 12.2. The normalized spacial score (nSPS) is 19.8. The summed E-state index contributed by atoms with van der Waals surface area (Å²) in [6, 6.07) is 3.26. The molecule has 1 heterocycles. The lowest BCUT2D eigenvalue weighted by atomic mass is 9.85. The van der Waals surface area contributed by atoms with Gasteiger partial charge in [-0.15, -0.1) is 0 Å². The summed E-state index contributed by atoms with van der Waals surface area (Å²) in [4.78, 5) is 13.3. The van der Waals surface area contributed by atoms with Crippen molar-refractivity contribution < 1.29 is 18.7 Å². The molecule has 1 aliphatic rings. The Bertz CT molecular complexity index is 513. The molecule has 1 aromatic carbocycles. The van der Waals surface area contributed by atoms with E-state index in [0.717, 1.165) is 43.9 Å². The van der Waals surface area contributed by atoms with Crippen molar-refractivity contribution in [3.63, 3.8) is 0 Å². The number of carboxylic acid groups (broad SMARTS) is 1. The molecular weight excluding hydrogens is 276 g/mol. The summed E-state index contributed by atoms with van der Waals surface area (Å²) in [6.07, 6.45) is 3.84. The average Bonchev–Trinajstić information content (AvgIpc) is 2.70. The van der Waals surface area contributed by atoms with Gasteiger partial charge in [0.2, 0.25) is 0 Å². The predicted molar refractivity (Wildman–Crippen MR) is 76.0 cm³/mol. The van der Waals surface area contributed by atoms with Crippen LogP contribution in [-0.4, -0.2) is 29.1 Å². The molecule has 0 aromatic heterocycles. The van der Waals surface area contributed by atoms with Crippen LogP contribution in [0.3, 0.4) is 0 Å². The van der Waals surface area contributed by atoms with E-state index in [0.29, 0.717) is 13.1 Å². The van der Waals surface area contributed by atoms with Gasteiger partial charge in [0.1, 0.15) is 11.6 Å². The van der Waals surface area contributed by atoms with E-state index in [-0.39, 0.29) is 12.0 Å². The molecule has 1 fully saturated rings. The third-order valence-electron chi connectivity index (χ3n) is 4.31. The van der Waals surface area contributed by atoms with Crippen molar-refractivity contribution in [3.8, 4) is 0 Å². The van der Waals surface area contributed by atoms with Gasteiger partial charge in [-0.2, -0.15) is 0 Å². The Labute approximate surface area is 123 Å². The topological polar surface area (TPSA) is 40.5 Å². The number of benzene rings is 1. The SMILES string of the molecule is CC(CC(=O)O)(c1cc(F)ccc1F)N1CCCCCC1. The van der Waals surface area contributed by atoms with E-state index in [1.165, 1.54) is 0 Å². The number of carboxylic acids is 1. The molecule has 116 valence electrons. The number of rotatable bonds is 4. The number of aliphatic carboxylic acids is 1. The first kappa shape index (κ1) is 15.9. The molecule has 1 N–H and O–H groups in total. The number of nitrogens with zero attached hydrogens (tertiary/aromatic N) is 1. The number of hydrogen-bond donors (Lipinski definition) is 1. The first-order valence-electron chi connectivity index (χ1n) is 7.36. The maximum absolute atomic E-state index is 14.2. The number of halogens is 2. The summed E-state index contributed by atoms with van der Waals surface area (Å²) < 4.78 is 27.7. The van der Waals surface area contributed by atoms with Gasteiger partial charge >= 0.3 is 5.97 Å². The van der Waals surface area contributed by atoms with Crippen molar-refractivity contribution in [2.75, 3.05) is 13.1 Å². The Kier molecular flexibility index (Phi) is 4.93. The van der Waals surface area contributed by atoms with Gasteiger partial charge in [0.25, 0.3) is 0 Å². The van der Waals surface area contributed by atoms with Crippen LogP contribution in [0, 0.1) is 11.6 Å². The fourth-order valence-electron chi connectivity index (χ4n) is 3.15. The van der Waals surface area contributed by atoms with Crippen molar-refractivity contribution in [2.24, 2.45) is 0 Å². The molecule has 0 bridgehead atoms. The van der Waals surface area contributed by atoms with Gasteiger partial charge in [-0.05, 0) is 51.1 Å². The standard InChI is InChI=1S/C16H21F2NO2/c1-16(11-15(20)21,19-8-4-2-3-5-9-19)13-10-12(17)6-7-14(13)18/h6-7,10H,2-5,8-9,11H2,1H3,(H,20,21). The minimum absolute atomic E-state index is 0.131. The molecule has 1 unspecified atom stereocenters. The Morgan fingerprint density at radius 2 is 1.86 bits per heavy atom. The fourth-order valence-corrected chi connectivity index (χ4v) is 3.15. The predicted octanol–water partition coefficient (Wildman–Crippen LogP) is 3.53. The summed E-state index contributed by atoms with van der Waals surface area (Å²) in [6.45, 7) is 3.11. The second kappa shape index (κ2) is 6.52. The minimum Gasteiger partial charge on any atom is -0.481 e. The van der Waals surface area contributed by atoms with Gasteiger partial charge in [0.15, 0.2) is 0 Å². The molecule has 0 spiro atoms. The lowest BCUT2D eigenvalue weighted by molar-refractivity contribution is -0.140. The number of likely N-dealkylation sites (tertiary alicyclic amines) is 1. The molecule has 1 aromatic rings. The first-order valence-corrected chi connectivity index (χ1v) is 7.36. The number of carbonyl (C=O) groups is 1. The van der Waals surface area contributed by atoms with Gasteiger partial charge in [0.05, 0.1) is 12.0 Å². The molecule has 5 heteroatoms. The quantitative estimate of drug-likeness (QED) is 0.924. The zero-order chi connectivity index (χ0) is 15.5. The van der Waals surface area contributed by atoms with Crippen molar-refractivity contribution in [3.05, 3.63) is 35.4 Å². The molecule has 1 atom stereocenters. The van der Waals surface area contributed by atoms with Crippen LogP contribution < -0.4 is 0 Å². The molecule has 1 saturated heterocycles. The lowest BCUT2D eigenvalue weighted by Gasteiger charge is -2.40. The van der Waals surface area contributed by atoms with Crippen LogP contribution in [0.2, 0.25) is 0 Å². The Balaban J connectivity index is 2.44. The van der Waals surface area contributed by atoms with Gasteiger partial charge in [-0.25, -0.2) is 8.78 Å². The molecule has 21 heavy (non-hydrogen) atoms. The molecule has 0 radical (unpaired) electrons. The van der Waals surface area contributed by atoms with Crippen LogP contribution in [0.4, 0.5) is 8.78 Å². The van der Waals surface area contributed by atoms with E-state index in [9.17, 15) is 18.7 Å². The molecular formula is C16H21F2NO2. The van der Waals surface area contributed by atoms with Crippen molar-refractivity contribution >= 4 is 5.97 Å². The molecule has 3 nitrogen and oxygen atoms in total. The van der Waals surface area contributed by atoms with Gasteiger partial charge < -0.3 is 5.11 Å². The highest BCUT2D eigenvalue weighted by atomic mass is 19.1. The van der Waals surface area contributed by atoms with Crippen LogP contribution in [0.15, 0.2) is 18.2 Å². The Morgan fingerprint density at radius 1 is 1.24 bits per heavy atom. The molecule has 0 aliphatic carbocycles. The monoisotopic (exact) mass is 297 g/mol. The van der Waals surface area contributed by atoms with E-state index in [1.54, 1.807) is 6.92 Å². The van der Waals surface area contributed by atoms with Crippen molar-refractivity contribution in [1.82, 2.24) is 4.90 Å². The van der Waals surface area contributed by atoms with E-state index in [1.807, 2.05) is 4.90 Å². The lowest BCUT2D eigenvalue weighted by Crippen LogP contribution is -2.46. The van der Waals surface area contributed by atoms with Crippen molar-refractivity contribution in [1.29, 1.82) is 0 Å². The maximum atomic E-state index is 14.2. The smallest absolute Gasteiger partial charge is 0.305 e. The minimum atomic E-state index is -1.03. The first-order chi connectivity index (χ1) is 9.93. The van der Waals surface area contributed by atoms with Crippen LogP contribution in [-0.2, 0) is 10.3 Å². The highest BCUT2D eigenvalue weighted by molar-refractivity contribution is 5.69. The molecule has 2 rings (SSSR count). The average molecular weight is 297 g/mol.